The standard InChI is InChI=1S/C21H29FN4/c22-17-8-10-18(11-9-17)26-15-13-25(14-16-26)12-4-3-7-21-19-5-1-2-6-20(19)23-24-21/h8-11H,1-7,12-16H2,(H,23,24). The number of hydrogen-bond donors (Lipinski definition) is 1. The zero-order valence-electron chi connectivity index (χ0n) is 15.5. The minimum atomic E-state index is -0.162. The molecule has 140 valence electrons. The molecule has 1 aliphatic carbocycles. The number of aromatic amines is 1. The highest BCUT2D eigenvalue weighted by atomic mass is 19.1. The van der Waals surface area contributed by atoms with E-state index >= 15 is 0 Å². The van der Waals surface area contributed by atoms with Gasteiger partial charge in [0.25, 0.3) is 0 Å². The molecule has 1 saturated heterocycles. The van der Waals surface area contributed by atoms with Gasteiger partial charge in [0, 0.05) is 37.6 Å². The SMILES string of the molecule is Fc1ccc(N2CCN(CCCCc3n[nH]c4c3CCCC4)CC2)cc1. The molecule has 0 atom stereocenters. The molecule has 1 aromatic heterocycles. The van der Waals surface area contributed by atoms with Crippen molar-refractivity contribution in [2.24, 2.45) is 0 Å². The lowest BCUT2D eigenvalue weighted by atomic mass is 9.94. The van der Waals surface area contributed by atoms with Gasteiger partial charge in [-0.05, 0) is 81.3 Å². The second-order valence-electron chi connectivity index (χ2n) is 7.60. The first-order chi connectivity index (χ1) is 12.8. The van der Waals surface area contributed by atoms with E-state index in [1.54, 1.807) is 12.1 Å². The van der Waals surface area contributed by atoms with Crippen LogP contribution in [0.3, 0.4) is 0 Å². The third kappa shape index (κ3) is 4.09. The average Bonchev–Trinajstić information content (AvgIpc) is 3.10. The molecule has 2 aromatic rings. The van der Waals surface area contributed by atoms with Crippen LogP contribution < -0.4 is 4.90 Å². The van der Waals surface area contributed by atoms with Crippen LogP contribution in [0, 0.1) is 5.82 Å². The van der Waals surface area contributed by atoms with Crippen molar-refractivity contribution in [3.8, 4) is 0 Å². The summed E-state index contributed by atoms with van der Waals surface area (Å²) in [5, 5.41) is 7.81. The Kier molecular flexibility index (Phi) is 5.54. The molecule has 1 aromatic carbocycles. The minimum absolute atomic E-state index is 0.162. The normalized spacial score (nSPS) is 18.1. The highest BCUT2D eigenvalue weighted by molar-refractivity contribution is 5.46. The van der Waals surface area contributed by atoms with Crippen LogP contribution in [0.1, 0.15) is 42.6 Å². The fourth-order valence-electron chi connectivity index (χ4n) is 4.27. The van der Waals surface area contributed by atoms with E-state index in [9.17, 15) is 4.39 Å². The van der Waals surface area contributed by atoms with Crippen molar-refractivity contribution in [1.82, 2.24) is 15.1 Å². The first kappa shape index (κ1) is 17.5. The van der Waals surface area contributed by atoms with Crippen molar-refractivity contribution in [3.63, 3.8) is 0 Å². The highest BCUT2D eigenvalue weighted by Gasteiger charge is 2.18. The van der Waals surface area contributed by atoms with E-state index in [-0.39, 0.29) is 5.82 Å². The van der Waals surface area contributed by atoms with Crippen LogP contribution in [0.15, 0.2) is 24.3 Å². The summed E-state index contributed by atoms with van der Waals surface area (Å²) in [6.45, 7) is 5.41. The summed E-state index contributed by atoms with van der Waals surface area (Å²) < 4.78 is 13.1. The van der Waals surface area contributed by atoms with Crippen LogP contribution >= 0.6 is 0 Å². The van der Waals surface area contributed by atoms with Gasteiger partial charge in [-0.1, -0.05) is 0 Å². The molecule has 1 fully saturated rings. The van der Waals surface area contributed by atoms with Crippen LogP contribution in [-0.2, 0) is 19.3 Å². The van der Waals surface area contributed by atoms with Gasteiger partial charge in [0.15, 0.2) is 0 Å². The predicted octanol–water partition coefficient (Wildman–Crippen LogP) is 3.57. The number of unbranched alkanes of at least 4 members (excludes halogenated alkanes) is 1. The average molecular weight is 356 g/mol. The number of fused-ring (bicyclic) bond motifs is 1. The van der Waals surface area contributed by atoms with Crippen molar-refractivity contribution in [2.45, 2.75) is 44.9 Å². The van der Waals surface area contributed by atoms with Crippen LogP contribution in [0.25, 0.3) is 0 Å². The summed E-state index contributed by atoms with van der Waals surface area (Å²) in [5.74, 6) is -0.162. The van der Waals surface area contributed by atoms with Gasteiger partial charge in [-0.2, -0.15) is 5.10 Å². The quantitative estimate of drug-likeness (QED) is 0.804. The van der Waals surface area contributed by atoms with Gasteiger partial charge in [0.2, 0.25) is 0 Å². The third-order valence-corrected chi connectivity index (χ3v) is 5.84. The topological polar surface area (TPSA) is 35.2 Å². The number of aromatic nitrogens is 2. The molecule has 1 aliphatic heterocycles. The van der Waals surface area contributed by atoms with Crippen LogP contribution in [0.2, 0.25) is 0 Å². The maximum atomic E-state index is 13.1. The summed E-state index contributed by atoms with van der Waals surface area (Å²) in [4.78, 5) is 4.91. The molecule has 0 saturated carbocycles. The van der Waals surface area contributed by atoms with Crippen molar-refractivity contribution < 1.29 is 4.39 Å². The Bertz CT molecular complexity index is 701. The van der Waals surface area contributed by atoms with E-state index in [1.807, 2.05) is 12.1 Å². The van der Waals surface area contributed by atoms with Gasteiger partial charge < -0.3 is 4.90 Å². The minimum Gasteiger partial charge on any atom is -0.369 e. The molecule has 2 aliphatic rings. The molecule has 4 rings (SSSR count). The zero-order valence-corrected chi connectivity index (χ0v) is 15.5. The predicted molar refractivity (Wildman–Crippen MR) is 103 cm³/mol. The summed E-state index contributed by atoms with van der Waals surface area (Å²) in [5.41, 5.74) is 5.36. The summed E-state index contributed by atoms with van der Waals surface area (Å²) in [6.07, 6.45) is 8.58. The highest BCUT2D eigenvalue weighted by Crippen LogP contribution is 2.23. The number of nitrogens with one attached hydrogen (secondary N) is 1. The van der Waals surface area contributed by atoms with Crippen LogP contribution in [0.4, 0.5) is 10.1 Å². The molecular formula is C21H29FN4. The van der Waals surface area contributed by atoms with E-state index in [1.165, 1.54) is 62.0 Å². The molecule has 2 heterocycles. The van der Waals surface area contributed by atoms with Crippen molar-refractivity contribution >= 4 is 5.69 Å². The Morgan fingerprint density at radius 1 is 0.962 bits per heavy atom. The van der Waals surface area contributed by atoms with Gasteiger partial charge in [-0.3, -0.25) is 10.00 Å². The first-order valence-corrected chi connectivity index (χ1v) is 10.1. The van der Waals surface area contributed by atoms with Gasteiger partial charge in [0.05, 0.1) is 5.69 Å². The number of halogens is 1. The molecule has 0 radical (unpaired) electrons. The second-order valence-corrected chi connectivity index (χ2v) is 7.60. The maximum Gasteiger partial charge on any atom is 0.123 e. The van der Waals surface area contributed by atoms with Crippen molar-refractivity contribution in [2.75, 3.05) is 37.6 Å². The molecule has 1 N–H and O–H groups in total. The Labute approximate surface area is 155 Å². The third-order valence-electron chi connectivity index (χ3n) is 5.84. The lowest BCUT2D eigenvalue weighted by Crippen LogP contribution is -2.46. The molecule has 0 unspecified atom stereocenters. The fraction of sp³-hybridized carbons (Fsp3) is 0.571. The monoisotopic (exact) mass is 356 g/mol. The number of rotatable bonds is 6. The molecule has 5 heteroatoms. The summed E-state index contributed by atoms with van der Waals surface area (Å²) in [6, 6.07) is 6.87. The van der Waals surface area contributed by atoms with Crippen molar-refractivity contribution in [1.29, 1.82) is 0 Å². The molecule has 0 amide bonds. The maximum absolute atomic E-state index is 13.1. The largest absolute Gasteiger partial charge is 0.369 e. The summed E-state index contributed by atoms with van der Waals surface area (Å²) >= 11 is 0. The molecule has 26 heavy (non-hydrogen) atoms. The Morgan fingerprint density at radius 2 is 1.73 bits per heavy atom. The number of piperazine rings is 1. The lowest BCUT2D eigenvalue weighted by Gasteiger charge is -2.36. The van der Waals surface area contributed by atoms with Crippen LogP contribution in [0.5, 0.6) is 0 Å². The first-order valence-electron chi connectivity index (χ1n) is 10.1. The number of nitrogens with zero attached hydrogens (tertiary/aromatic N) is 3. The zero-order chi connectivity index (χ0) is 17.8. The number of benzene rings is 1. The Morgan fingerprint density at radius 3 is 2.54 bits per heavy atom. The molecule has 0 spiro atoms. The van der Waals surface area contributed by atoms with E-state index in [0.29, 0.717) is 0 Å². The van der Waals surface area contributed by atoms with Crippen molar-refractivity contribution in [3.05, 3.63) is 47.0 Å². The Balaban J connectivity index is 1.17. The van der Waals surface area contributed by atoms with Gasteiger partial charge >= 0.3 is 0 Å². The smallest absolute Gasteiger partial charge is 0.123 e. The number of anilines is 1. The molecule has 0 bridgehead atoms. The van der Waals surface area contributed by atoms with Crippen LogP contribution in [-0.4, -0.2) is 47.8 Å². The van der Waals surface area contributed by atoms with E-state index in [4.69, 9.17) is 0 Å². The lowest BCUT2D eigenvalue weighted by molar-refractivity contribution is 0.253. The summed E-state index contributed by atoms with van der Waals surface area (Å²) in [7, 11) is 0. The fourth-order valence-corrected chi connectivity index (χ4v) is 4.27. The number of aryl methyl sites for hydroxylation is 2. The number of H-pyrrole nitrogens is 1. The van der Waals surface area contributed by atoms with Gasteiger partial charge in [0.1, 0.15) is 5.82 Å². The number of hydrogen-bond acceptors (Lipinski definition) is 3. The molecular weight excluding hydrogens is 327 g/mol. The van der Waals surface area contributed by atoms with E-state index in [0.717, 1.165) is 38.3 Å². The molecule has 4 nitrogen and oxygen atoms in total. The Hall–Kier alpha value is -1.88. The van der Waals surface area contributed by atoms with E-state index in [2.05, 4.69) is 20.0 Å². The second kappa shape index (κ2) is 8.21. The van der Waals surface area contributed by atoms with Gasteiger partial charge in [-0.15, -0.1) is 0 Å². The van der Waals surface area contributed by atoms with Gasteiger partial charge in [-0.25, -0.2) is 4.39 Å². The van der Waals surface area contributed by atoms with E-state index < -0.39 is 0 Å².